The number of halogens is 4. The van der Waals surface area contributed by atoms with Gasteiger partial charge in [-0.05, 0) is 17.2 Å². The zero-order valence-corrected chi connectivity index (χ0v) is 8.71. The van der Waals surface area contributed by atoms with Gasteiger partial charge < -0.3 is 12.9 Å². The van der Waals surface area contributed by atoms with Gasteiger partial charge >= 0.3 is 6.98 Å². The summed E-state index contributed by atoms with van der Waals surface area (Å²) in [5, 5.41) is 0. The summed E-state index contributed by atoms with van der Waals surface area (Å²) in [6, 6.07) is 11.7. The molecule has 0 aromatic heterocycles. The highest BCUT2D eigenvalue weighted by molar-refractivity contribution is 6.73. The van der Waals surface area contributed by atoms with E-state index in [4.69, 9.17) is 0 Å². The molecule has 2 aromatic rings. The van der Waals surface area contributed by atoms with Gasteiger partial charge in [0.05, 0.1) is 5.82 Å². The van der Waals surface area contributed by atoms with Gasteiger partial charge in [0.25, 0.3) is 0 Å². The van der Waals surface area contributed by atoms with Gasteiger partial charge in [-0.15, -0.1) is 0 Å². The Morgan fingerprint density at radius 1 is 0.765 bits per heavy atom. The molecule has 0 spiro atoms. The number of hydrogen-bond acceptors (Lipinski definition) is 0. The van der Waals surface area contributed by atoms with Gasteiger partial charge in [0.2, 0.25) is 0 Å². The van der Waals surface area contributed by atoms with Gasteiger partial charge in [0, 0.05) is 0 Å². The topological polar surface area (TPSA) is 0 Å². The highest BCUT2D eigenvalue weighted by Crippen LogP contribution is 2.21. The van der Waals surface area contributed by atoms with E-state index in [0.717, 1.165) is 12.1 Å². The second kappa shape index (κ2) is 4.24. The average molecular weight is 239 g/mol. The van der Waals surface area contributed by atoms with Gasteiger partial charge in [-0.25, -0.2) is 4.39 Å². The predicted molar refractivity (Wildman–Crippen MR) is 60.5 cm³/mol. The lowest BCUT2D eigenvalue weighted by Crippen LogP contribution is -2.36. The molecule has 0 amide bonds. The van der Waals surface area contributed by atoms with Crippen LogP contribution in [-0.2, 0) is 0 Å². The minimum atomic E-state index is -5.29. The summed E-state index contributed by atoms with van der Waals surface area (Å²) in [4.78, 5) is 0. The lowest BCUT2D eigenvalue weighted by atomic mass is 9.79. The molecular weight excluding hydrogens is 231 g/mol. The Bertz CT molecular complexity index is 520. The summed E-state index contributed by atoms with van der Waals surface area (Å²) in [6.45, 7) is -5.29. The monoisotopic (exact) mass is 239 g/mol. The first-order valence-corrected chi connectivity index (χ1v) is 5.03. The number of hydrogen-bond donors (Lipinski definition) is 0. The molecule has 88 valence electrons. The molecular formula is C12H8BF4-. The molecule has 2 rings (SSSR count). The molecule has 0 aliphatic heterocycles. The van der Waals surface area contributed by atoms with Crippen LogP contribution < -0.4 is 5.46 Å². The summed E-state index contributed by atoms with van der Waals surface area (Å²) < 4.78 is 50.5. The Balaban J connectivity index is 2.45. The molecule has 0 unspecified atom stereocenters. The number of benzene rings is 2. The zero-order chi connectivity index (χ0) is 12.5. The lowest BCUT2D eigenvalue weighted by Gasteiger charge is -2.16. The van der Waals surface area contributed by atoms with Crippen molar-refractivity contribution in [1.82, 2.24) is 0 Å². The molecule has 0 nitrogen and oxygen atoms in total. The highest BCUT2D eigenvalue weighted by Gasteiger charge is 2.28. The smallest absolute Gasteiger partial charge is 0.445 e. The van der Waals surface area contributed by atoms with E-state index in [9.17, 15) is 17.3 Å². The van der Waals surface area contributed by atoms with Crippen molar-refractivity contribution in [3.05, 3.63) is 54.3 Å². The lowest BCUT2D eigenvalue weighted by molar-refractivity contribution is 0.494. The largest absolute Gasteiger partial charge is 0.512 e. The van der Waals surface area contributed by atoms with Gasteiger partial charge in [-0.2, -0.15) is 0 Å². The number of rotatable bonds is 2. The molecule has 0 aliphatic rings. The van der Waals surface area contributed by atoms with Crippen molar-refractivity contribution >= 4 is 12.4 Å². The Morgan fingerprint density at radius 2 is 1.41 bits per heavy atom. The summed E-state index contributed by atoms with van der Waals surface area (Å²) in [5.41, 5.74) is -0.0517. The van der Waals surface area contributed by atoms with Crippen molar-refractivity contribution in [2.24, 2.45) is 0 Å². The fraction of sp³-hybridized carbons (Fsp3) is 0. The van der Waals surface area contributed by atoms with Crippen molar-refractivity contribution in [2.75, 3.05) is 0 Å². The molecule has 17 heavy (non-hydrogen) atoms. The van der Waals surface area contributed by atoms with Crippen molar-refractivity contribution in [1.29, 1.82) is 0 Å². The van der Waals surface area contributed by atoms with E-state index in [2.05, 4.69) is 0 Å². The van der Waals surface area contributed by atoms with Gasteiger partial charge in [0.1, 0.15) is 0 Å². The normalized spacial score (nSPS) is 11.5. The van der Waals surface area contributed by atoms with Crippen LogP contribution >= 0.6 is 0 Å². The molecule has 0 saturated carbocycles. The third-order valence-corrected chi connectivity index (χ3v) is 2.46. The first-order valence-electron chi connectivity index (χ1n) is 5.03. The van der Waals surface area contributed by atoms with Gasteiger partial charge in [-0.3, -0.25) is 0 Å². The first kappa shape index (κ1) is 11.7. The SMILES string of the molecule is Fc1cc(-c2ccccc2)ccc1[B-](F)(F)F. The van der Waals surface area contributed by atoms with E-state index in [1.165, 1.54) is 6.07 Å². The summed E-state index contributed by atoms with van der Waals surface area (Å²) in [6.07, 6.45) is 0. The maximum Gasteiger partial charge on any atom is 0.512 e. The second-order valence-corrected chi connectivity index (χ2v) is 3.68. The molecule has 0 bridgehead atoms. The molecule has 0 N–H and O–H groups in total. The van der Waals surface area contributed by atoms with Crippen LogP contribution in [0.2, 0.25) is 0 Å². The zero-order valence-electron chi connectivity index (χ0n) is 8.71. The molecule has 0 aliphatic carbocycles. The maximum atomic E-state index is 13.3. The van der Waals surface area contributed by atoms with Gasteiger partial charge in [0.15, 0.2) is 0 Å². The Morgan fingerprint density at radius 3 is 1.94 bits per heavy atom. The summed E-state index contributed by atoms with van der Waals surface area (Å²) in [7, 11) is 0. The fourth-order valence-electron chi connectivity index (χ4n) is 1.60. The van der Waals surface area contributed by atoms with E-state index in [-0.39, 0.29) is 0 Å². The first-order chi connectivity index (χ1) is 7.98. The Labute approximate surface area is 96.0 Å². The predicted octanol–water partition coefficient (Wildman–Crippen LogP) is 3.55. The summed E-state index contributed by atoms with van der Waals surface area (Å²) >= 11 is 0. The molecule has 0 heterocycles. The van der Waals surface area contributed by atoms with Crippen LogP contribution in [0.5, 0.6) is 0 Å². The molecule has 0 radical (unpaired) electrons. The quantitative estimate of drug-likeness (QED) is 0.555. The van der Waals surface area contributed by atoms with Crippen molar-refractivity contribution in [3.8, 4) is 11.1 Å². The minimum absolute atomic E-state index is 0.437. The maximum absolute atomic E-state index is 13.3. The standard InChI is InChI=1S/C12H8BF4/c14-12-8-10(9-4-2-1-3-5-9)6-7-11(12)13(15,16)17/h1-8H/q-1. The third kappa shape index (κ3) is 2.49. The van der Waals surface area contributed by atoms with Crippen LogP contribution in [0.1, 0.15) is 0 Å². The van der Waals surface area contributed by atoms with Gasteiger partial charge in [-0.1, -0.05) is 47.9 Å². The van der Waals surface area contributed by atoms with Crippen LogP contribution in [0.4, 0.5) is 17.3 Å². The minimum Gasteiger partial charge on any atom is -0.445 e. The highest BCUT2D eigenvalue weighted by atomic mass is 19.4. The Hall–Kier alpha value is -1.78. The molecule has 0 fully saturated rings. The van der Waals surface area contributed by atoms with E-state index in [1.807, 2.05) is 0 Å². The Kier molecular flexibility index (Phi) is 2.92. The second-order valence-electron chi connectivity index (χ2n) is 3.68. The van der Waals surface area contributed by atoms with Crippen LogP contribution in [0.25, 0.3) is 11.1 Å². The van der Waals surface area contributed by atoms with Crippen molar-refractivity contribution in [3.63, 3.8) is 0 Å². The van der Waals surface area contributed by atoms with E-state index >= 15 is 0 Å². The van der Waals surface area contributed by atoms with Crippen molar-refractivity contribution in [2.45, 2.75) is 0 Å². The summed E-state index contributed by atoms with van der Waals surface area (Å²) in [5.74, 6) is -1.22. The van der Waals surface area contributed by atoms with Crippen LogP contribution in [0.15, 0.2) is 48.5 Å². The molecule has 0 atom stereocenters. The van der Waals surface area contributed by atoms with E-state index in [1.54, 1.807) is 30.3 Å². The third-order valence-electron chi connectivity index (χ3n) is 2.46. The van der Waals surface area contributed by atoms with E-state index in [0.29, 0.717) is 11.1 Å². The van der Waals surface area contributed by atoms with Crippen LogP contribution in [0, 0.1) is 5.82 Å². The van der Waals surface area contributed by atoms with Crippen LogP contribution in [-0.4, -0.2) is 6.98 Å². The van der Waals surface area contributed by atoms with Crippen molar-refractivity contribution < 1.29 is 17.3 Å². The molecule has 2 aromatic carbocycles. The molecule has 0 saturated heterocycles. The van der Waals surface area contributed by atoms with Crippen LogP contribution in [0.3, 0.4) is 0 Å². The van der Waals surface area contributed by atoms with E-state index < -0.39 is 18.3 Å². The fourth-order valence-corrected chi connectivity index (χ4v) is 1.60. The average Bonchev–Trinajstić information content (AvgIpc) is 2.28. The molecule has 5 heteroatoms.